The fraction of sp³-hybridized carbons (Fsp3) is 0.333. The maximum absolute atomic E-state index is 12.8. The maximum atomic E-state index is 12.8. The third kappa shape index (κ3) is 6.16. The van der Waals surface area contributed by atoms with Gasteiger partial charge in [-0.05, 0) is 49.4 Å². The van der Waals surface area contributed by atoms with Crippen LogP contribution in [0.4, 0.5) is 5.69 Å². The van der Waals surface area contributed by atoms with Gasteiger partial charge in [-0.1, -0.05) is 6.07 Å². The minimum Gasteiger partial charge on any atom is -0.449 e. The summed E-state index contributed by atoms with van der Waals surface area (Å²) in [6.45, 7) is 2.49. The minimum atomic E-state index is -3.74. The normalized spacial score (nSPS) is 16.1. The van der Waals surface area contributed by atoms with Gasteiger partial charge in [0.2, 0.25) is 10.0 Å². The summed E-state index contributed by atoms with van der Waals surface area (Å²) < 4.78 is 60.3. The van der Waals surface area contributed by atoms with Crippen molar-refractivity contribution in [1.82, 2.24) is 4.31 Å². The van der Waals surface area contributed by atoms with Crippen LogP contribution in [0, 0.1) is 0 Å². The van der Waals surface area contributed by atoms with Crippen LogP contribution < -0.4 is 5.32 Å². The molecule has 2 aromatic rings. The molecule has 1 heterocycles. The molecule has 178 valence electrons. The first kappa shape index (κ1) is 24.8. The molecule has 0 bridgehead atoms. The molecule has 3 rings (SSSR count). The van der Waals surface area contributed by atoms with E-state index in [0.717, 1.165) is 6.26 Å². The molecule has 0 unspecified atom stereocenters. The summed E-state index contributed by atoms with van der Waals surface area (Å²) >= 11 is 0. The monoisotopic (exact) mass is 496 g/mol. The number of rotatable bonds is 7. The van der Waals surface area contributed by atoms with Crippen molar-refractivity contribution >= 4 is 37.4 Å². The van der Waals surface area contributed by atoms with E-state index in [0.29, 0.717) is 13.2 Å². The molecule has 1 aliphatic heterocycles. The number of morpholine rings is 1. The van der Waals surface area contributed by atoms with Crippen molar-refractivity contribution in [1.29, 1.82) is 0 Å². The molecular weight excluding hydrogens is 472 g/mol. The first-order valence-electron chi connectivity index (χ1n) is 9.98. The molecule has 0 radical (unpaired) electrons. The third-order valence-corrected chi connectivity index (χ3v) is 7.90. The van der Waals surface area contributed by atoms with Crippen LogP contribution in [0.1, 0.15) is 17.3 Å². The summed E-state index contributed by atoms with van der Waals surface area (Å²) in [5, 5.41) is 2.54. The average Bonchev–Trinajstić information content (AvgIpc) is 2.79. The summed E-state index contributed by atoms with van der Waals surface area (Å²) in [6, 6.07) is 10.9. The highest BCUT2D eigenvalue weighted by molar-refractivity contribution is 7.90. The first-order chi connectivity index (χ1) is 15.5. The number of nitrogens with one attached hydrogen (secondary N) is 1. The number of anilines is 1. The number of benzene rings is 2. The molecule has 2 aromatic carbocycles. The number of ether oxygens (including phenoxy) is 2. The number of esters is 1. The number of hydrogen-bond acceptors (Lipinski definition) is 8. The Hall–Kier alpha value is -2.80. The van der Waals surface area contributed by atoms with Crippen molar-refractivity contribution in [2.45, 2.75) is 22.8 Å². The van der Waals surface area contributed by atoms with Gasteiger partial charge in [0.25, 0.3) is 5.91 Å². The molecule has 1 aliphatic rings. The minimum absolute atomic E-state index is 0.0258. The molecule has 0 aromatic heterocycles. The Morgan fingerprint density at radius 3 is 2.24 bits per heavy atom. The van der Waals surface area contributed by atoms with Crippen LogP contribution in [-0.2, 0) is 34.1 Å². The van der Waals surface area contributed by atoms with Gasteiger partial charge in [0.1, 0.15) is 0 Å². The lowest BCUT2D eigenvalue weighted by Gasteiger charge is -2.26. The van der Waals surface area contributed by atoms with Gasteiger partial charge in [0, 0.05) is 25.0 Å². The summed E-state index contributed by atoms with van der Waals surface area (Å²) in [5.74, 6) is -1.46. The molecule has 0 saturated carbocycles. The fourth-order valence-corrected chi connectivity index (χ4v) is 5.12. The lowest BCUT2D eigenvalue weighted by molar-refractivity contribution is -0.123. The van der Waals surface area contributed by atoms with Crippen LogP contribution in [0.25, 0.3) is 0 Å². The highest BCUT2D eigenvalue weighted by Gasteiger charge is 2.27. The molecule has 10 nitrogen and oxygen atoms in total. The number of carbonyl (C=O) groups excluding carboxylic acids is 2. The van der Waals surface area contributed by atoms with E-state index in [1.54, 1.807) is 0 Å². The Balaban J connectivity index is 1.65. The van der Waals surface area contributed by atoms with Crippen molar-refractivity contribution in [2.75, 3.05) is 37.9 Å². The quantitative estimate of drug-likeness (QED) is 0.567. The number of hydrogen-bond donors (Lipinski definition) is 1. The van der Waals surface area contributed by atoms with Gasteiger partial charge in [0.05, 0.1) is 28.6 Å². The van der Waals surface area contributed by atoms with E-state index in [4.69, 9.17) is 9.47 Å². The van der Waals surface area contributed by atoms with Crippen LogP contribution in [0.2, 0.25) is 0 Å². The highest BCUT2D eigenvalue weighted by atomic mass is 32.2. The second kappa shape index (κ2) is 10.00. The van der Waals surface area contributed by atoms with Gasteiger partial charge in [-0.15, -0.1) is 0 Å². The van der Waals surface area contributed by atoms with Crippen molar-refractivity contribution in [3.63, 3.8) is 0 Å². The highest BCUT2D eigenvalue weighted by Crippen LogP contribution is 2.21. The number of amides is 1. The fourth-order valence-electron chi connectivity index (χ4n) is 3.03. The van der Waals surface area contributed by atoms with E-state index in [-0.39, 0.29) is 34.1 Å². The lowest BCUT2D eigenvalue weighted by atomic mass is 10.2. The van der Waals surface area contributed by atoms with Gasteiger partial charge in [-0.3, -0.25) is 4.79 Å². The number of sulfone groups is 1. The predicted octanol–water partition coefficient (Wildman–Crippen LogP) is 1.29. The molecule has 1 N–H and O–H groups in total. The number of sulfonamides is 1. The predicted molar refractivity (Wildman–Crippen MR) is 119 cm³/mol. The van der Waals surface area contributed by atoms with Crippen LogP contribution in [0.5, 0.6) is 0 Å². The lowest BCUT2D eigenvalue weighted by Crippen LogP contribution is -2.40. The van der Waals surface area contributed by atoms with E-state index in [9.17, 15) is 26.4 Å². The molecule has 1 fully saturated rings. The molecule has 1 saturated heterocycles. The molecule has 1 atom stereocenters. The molecule has 12 heteroatoms. The van der Waals surface area contributed by atoms with Gasteiger partial charge in [-0.2, -0.15) is 4.31 Å². The smallest absolute Gasteiger partial charge is 0.338 e. The molecule has 0 aliphatic carbocycles. The van der Waals surface area contributed by atoms with Gasteiger partial charge >= 0.3 is 5.97 Å². The zero-order valence-electron chi connectivity index (χ0n) is 18.1. The van der Waals surface area contributed by atoms with Crippen molar-refractivity contribution in [3.05, 3.63) is 54.1 Å². The topological polar surface area (TPSA) is 136 Å². The summed E-state index contributed by atoms with van der Waals surface area (Å²) in [5.41, 5.74) is 0.315. The SMILES string of the molecule is C[C@@H](OC(=O)c1ccc(S(C)(=O)=O)cc1)C(=O)Nc1cccc(S(=O)(=O)N2CCOCC2)c1. The largest absolute Gasteiger partial charge is 0.449 e. The first-order valence-corrected chi connectivity index (χ1v) is 13.3. The summed E-state index contributed by atoms with van der Waals surface area (Å²) in [7, 11) is -7.14. The second-order valence-corrected chi connectivity index (χ2v) is 11.3. The Bertz CT molecular complexity index is 1240. The van der Waals surface area contributed by atoms with E-state index >= 15 is 0 Å². The van der Waals surface area contributed by atoms with Crippen LogP contribution in [0.15, 0.2) is 58.3 Å². The number of carbonyl (C=O) groups is 2. The summed E-state index contributed by atoms with van der Waals surface area (Å²) in [6.07, 6.45) is -0.139. The summed E-state index contributed by atoms with van der Waals surface area (Å²) in [4.78, 5) is 24.8. The Morgan fingerprint density at radius 2 is 1.64 bits per heavy atom. The Labute approximate surface area is 192 Å². The van der Waals surface area contributed by atoms with E-state index in [1.165, 1.54) is 59.8 Å². The van der Waals surface area contributed by atoms with Crippen LogP contribution in [-0.4, -0.2) is 71.7 Å². The molecular formula is C21H24N2O8S2. The Morgan fingerprint density at radius 1 is 1.00 bits per heavy atom. The van der Waals surface area contributed by atoms with Gasteiger partial charge in [-0.25, -0.2) is 21.6 Å². The average molecular weight is 497 g/mol. The van der Waals surface area contributed by atoms with Crippen molar-refractivity contribution < 1.29 is 35.9 Å². The van der Waals surface area contributed by atoms with Crippen molar-refractivity contribution in [2.24, 2.45) is 0 Å². The zero-order chi connectivity index (χ0) is 24.2. The molecule has 0 spiro atoms. The van der Waals surface area contributed by atoms with E-state index in [2.05, 4.69) is 5.32 Å². The van der Waals surface area contributed by atoms with Crippen LogP contribution in [0.3, 0.4) is 0 Å². The van der Waals surface area contributed by atoms with Crippen molar-refractivity contribution in [3.8, 4) is 0 Å². The number of nitrogens with zero attached hydrogens (tertiary/aromatic N) is 1. The standard InChI is InChI=1S/C21H24N2O8S2/c1-15(31-21(25)16-6-8-18(9-7-16)32(2,26)27)20(24)22-17-4-3-5-19(14-17)33(28,29)23-10-12-30-13-11-23/h3-9,14-15H,10-13H2,1-2H3,(H,22,24)/t15-/m1/s1. The molecule has 1 amide bonds. The maximum Gasteiger partial charge on any atom is 0.338 e. The van der Waals surface area contributed by atoms with Gasteiger partial charge < -0.3 is 14.8 Å². The van der Waals surface area contributed by atoms with E-state index < -0.39 is 37.8 Å². The Kier molecular flexibility index (Phi) is 7.52. The van der Waals surface area contributed by atoms with Crippen LogP contribution >= 0.6 is 0 Å². The zero-order valence-corrected chi connectivity index (χ0v) is 19.7. The third-order valence-electron chi connectivity index (χ3n) is 4.88. The van der Waals surface area contributed by atoms with Gasteiger partial charge in [0.15, 0.2) is 15.9 Å². The molecule has 33 heavy (non-hydrogen) atoms. The van der Waals surface area contributed by atoms with E-state index in [1.807, 2.05) is 0 Å². The second-order valence-electron chi connectivity index (χ2n) is 7.38.